The lowest BCUT2D eigenvalue weighted by Crippen LogP contribution is -2.53. The summed E-state index contributed by atoms with van der Waals surface area (Å²) in [4.78, 5) is 11.8. The second-order valence-corrected chi connectivity index (χ2v) is 7.75. The third-order valence-corrected chi connectivity index (χ3v) is 6.19. The fraction of sp³-hybridized carbons (Fsp3) is 0.650. The quantitative estimate of drug-likeness (QED) is 0.814. The highest BCUT2D eigenvalue weighted by Gasteiger charge is 2.39. The van der Waals surface area contributed by atoms with Crippen LogP contribution in [0.1, 0.15) is 69.3 Å². The molecule has 2 fully saturated rings. The Bertz CT molecular complexity index is 606. The summed E-state index contributed by atoms with van der Waals surface area (Å²) < 4.78 is 27.0. The first kappa shape index (κ1) is 18.3. The van der Waals surface area contributed by atoms with E-state index in [9.17, 15) is 13.6 Å². The first-order chi connectivity index (χ1) is 12.0. The Morgan fingerprint density at radius 2 is 1.84 bits per heavy atom. The number of benzene rings is 1. The molecule has 138 valence electrons. The van der Waals surface area contributed by atoms with Crippen molar-refractivity contribution in [1.82, 2.24) is 5.32 Å². The highest BCUT2D eigenvalue weighted by atomic mass is 19.1. The van der Waals surface area contributed by atoms with Gasteiger partial charge in [0.2, 0.25) is 5.91 Å². The number of carbonyl (C=O) groups is 1. The van der Waals surface area contributed by atoms with Crippen LogP contribution >= 0.6 is 0 Å². The van der Waals surface area contributed by atoms with Crippen LogP contribution in [-0.2, 0) is 4.79 Å². The van der Waals surface area contributed by atoms with Gasteiger partial charge in [0.1, 0.15) is 11.6 Å². The third kappa shape index (κ3) is 4.20. The largest absolute Gasteiger partial charge is 0.368 e. The fourth-order valence-electron chi connectivity index (χ4n) is 4.60. The van der Waals surface area contributed by atoms with Crippen LogP contribution in [0.15, 0.2) is 18.2 Å². The first-order valence-electron chi connectivity index (χ1n) is 9.50. The Morgan fingerprint density at radius 3 is 2.44 bits per heavy atom. The molecule has 3 nitrogen and oxygen atoms in total. The van der Waals surface area contributed by atoms with Crippen molar-refractivity contribution < 1.29 is 13.6 Å². The zero-order valence-corrected chi connectivity index (χ0v) is 14.7. The van der Waals surface area contributed by atoms with Gasteiger partial charge >= 0.3 is 0 Å². The van der Waals surface area contributed by atoms with Crippen molar-refractivity contribution in [2.24, 2.45) is 11.7 Å². The summed E-state index contributed by atoms with van der Waals surface area (Å²) in [6, 6.07) is 3.92. The van der Waals surface area contributed by atoms with E-state index in [1.165, 1.54) is 6.07 Å². The minimum Gasteiger partial charge on any atom is -0.368 e. The van der Waals surface area contributed by atoms with Crippen LogP contribution in [0.4, 0.5) is 8.78 Å². The van der Waals surface area contributed by atoms with Gasteiger partial charge in [-0.15, -0.1) is 0 Å². The molecule has 0 aliphatic heterocycles. The number of hydrogen-bond donors (Lipinski definition) is 2. The van der Waals surface area contributed by atoms with Crippen molar-refractivity contribution >= 4 is 5.91 Å². The molecule has 5 heteroatoms. The number of primary amides is 1. The van der Waals surface area contributed by atoms with E-state index < -0.39 is 17.2 Å². The van der Waals surface area contributed by atoms with Gasteiger partial charge < -0.3 is 11.1 Å². The van der Waals surface area contributed by atoms with Crippen LogP contribution in [0.25, 0.3) is 0 Å². The van der Waals surface area contributed by atoms with Gasteiger partial charge in [0.15, 0.2) is 0 Å². The summed E-state index contributed by atoms with van der Waals surface area (Å²) in [6.45, 7) is 0.809. The van der Waals surface area contributed by atoms with E-state index >= 15 is 0 Å². The molecule has 3 N–H and O–H groups in total. The van der Waals surface area contributed by atoms with Gasteiger partial charge in [-0.1, -0.05) is 18.9 Å². The number of carbonyl (C=O) groups excluding carboxylic acids is 1. The van der Waals surface area contributed by atoms with Crippen LogP contribution in [0.3, 0.4) is 0 Å². The van der Waals surface area contributed by atoms with E-state index in [4.69, 9.17) is 5.73 Å². The Morgan fingerprint density at radius 1 is 1.16 bits per heavy atom. The molecular formula is C20H28F2N2O. The molecule has 0 radical (unpaired) electrons. The average molecular weight is 350 g/mol. The van der Waals surface area contributed by atoms with E-state index in [-0.39, 0.29) is 11.8 Å². The molecule has 1 aromatic rings. The van der Waals surface area contributed by atoms with Crippen LogP contribution in [-0.4, -0.2) is 18.0 Å². The molecule has 1 aromatic carbocycles. The minimum atomic E-state index is -0.517. The minimum absolute atomic E-state index is 0.191. The monoisotopic (exact) mass is 350 g/mol. The topological polar surface area (TPSA) is 55.1 Å². The van der Waals surface area contributed by atoms with Gasteiger partial charge in [-0.05, 0) is 75.0 Å². The Balaban J connectivity index is 1.46. The molecular weight excluding hydrogens is 322 g/mol. The van der Waals surface area contributed by atoms with E-state index in [0.29, 0.717) is 11.5 Å². The van der Waals surface area contributed by atoms with Crippen molar-refractivity contribution in [2.45, 2.75) is 69.2 Å². The fourth-order valence-corrected chi connectivity index (χ4v) is 4.60. The summed E-state index contributed by atoms with van der Waals surface area (Å²) in [5.74, 6) is -0.373. The van der Waals surface area contributed by atoms with Gasteiger partial charge in [0.25, 0.3) is 0 Å². The summed E-state index contributed by atoms with van der Waals surface area (Å²) in [5.41, 5.74) is 5.75. The zero-order chi connectivity index (χ0) is 17.9. The van der Waals surface area contributed by atoms with E-state index in [1.54, 1.807) is 6.07 Å². The Labute approximate surface area is 148 Å². The van der Waals surface area contributed by atoms with Crippen molar-refractivity contribution in [1.29, 1.82) is 0 Å². The number of rotatable bonds is 6. The summed E-state index contributed by atoms with van der Waals surface area (Å²) in [5, 5.41) is 3.42. The number of amides is 1. The van der Waals surface area contributed by atoms with Crippen molar-refractivity contribution in [3.63, 3.8) is 0 Å². The smallest absolute Gasteiger partial charge is 0.237 e. The average Bonchev–Trinajstić information content (AvgIpc) is 3.06. The molecule has 2 aliphatic rings. The predicted molar refractivity (Wildman–Crippen MR) is 94.1 cm³/mol. The normalized spacial score (nSPS) is 25.8. The SMILES string of the molecule is NC(=O)C1(NCCC2CCC(c3ccc(F)cc3F)CC2)CCCC1. The Hall–Kier alpha value is -1.49. The van der Waals surface area contributed by atoms with E-state index in [2.05, 4.69) is 5.32 Å². The maximum atomic E-state index is 13.9. The summed E-state index contributed by atoms with van der Waals surface area (Å²) >= 11 is 0. The molecule has 0 unspecified atom stereocenters. The molecule has 1 amide bonds. The van der Waals surface area contributed by atoms with Gasteiger partial charge in [-0.3, -0.25) is 4.79 Å². The van der Waals surface area contributed by atoms with Gasteiger partial charge in [-0.25, -0.2) is 8.78 Å². The molecule has 25 heavy (non-hydrogen) atoms. The van der Waals surface area contributed by atoms with Gasteiger partial charge in [0, 0.05) is 6.07 Å². The first-order valence-corrected chi connectivity index (χ1v) is 9.50. The molecule has 0 spiro atoms. The maximum absolute atomic E-state index is 13.9. The molecule has 0 heterocycles. The highest BCUT2D eigenvalue weighted by molar-refractivity contribution is 5.85. The number of nitrogens with two attached hydrogens (primary N) is 1. The lowest BCUT2D eigenvalue weighted by atomic mass is 9.77. The molecule has 0 saturated heterocycles. The molecule has 0 atom stereocenters. The van der Waals surface area contributed by atoms with E-state index in [1.807, 2.05) is 0 Å². The molecule has 3 rings (SSSR count). The molecule has 2 aliphatic carbocycles. The van der Waals surface area contributed by atoms with Crippen LogP contribution in [0.5, 0.6) is 0 Å². The third-order valence-electron chi connectivity index (χ3n) is 6.19. The zero-order valence-electron chi connectivity index (χ0n) is 14.7. The lowest BCUT2D eigenvalue weighted by molar-refractivity contribution is -0.124. The molecule has 0 bridgehead atoms. The number of halogens is 2. The van der Waals surface area contributed by atoms with Crippen LogP contribution in [0, 0.1) is 17.6 Å². The van der Waals surface area contributed by atoms with Crippen molar-refractivity contribution in [2.75, 3.05) is 6.54 Å². The number of hydrogen-bond acceptors (Lipinski definition) is 2. The summed E-state index contributed by atoms with van der Waals surface area (Å²) in [6.07, 6.45) is 8.81. The standard InChI is InChI=1S/C20H28F2N2O/c21-16-7-8-17(18(22)13-16)15-5-3-14(4-6-15)9-12-24-20(19(23)25)10-1-2-11-20/h7-8,13-15,24H,1-6,9-12H2,(H2,23,25). The van der Waals surface area contributed by atoms with Crippen molar-refractivity contribution in [3.8, 4) is 0 Å². The van der Waals surface area contributed by atoms with Gasteiger partial charge in [0.05, 0.1) is 5.54 Å². The maximum Gasteiger partial charge on any atom is 0.237 e. The van der Waals surface area contributed by atoms with Crippen LogP contribution in [0.2, 0.25) is 0 Å². The summed E-state index contributed by atoms with van der Waals surface area (Å²) in [7, 11) is 0. The van der Waals surface area contributed by atoms with Gasteiger partial charge in [-0.2, -0.15) is 0 Å². The second-order valence-electron chi connectivity index (χ2n) is 7.75. The molecule has 0 aromatic heterocycles. The number of nitrogens with one attached hydrogen (secondary N) is 1. The molecule has 2 saturated carbocycles. The van der Waals surface area contributed by atoms with E-state index in [0.717, 1.165) is 70.4 Å². The predicted octanol–water partition coefficient (Wildman–Crippen LogP) is 4.02. The van der Waals surface area contributed by atoms with Crippen molar-refractivity contribution in [3.05, 3.63) is 35.4 Å². The highest BCUT2D eigenvalue weighted by Crippen LogP contribution is 2.38. The van der Waals surface area contributed by atoms with Crippen LogP contribution < -0.4 is 11.1 Å². The lowest BCUT2D eigenvalue weighted by Gasteiger charge is -2.31. The Kier molecular flexibility index (Phi) is 5.72. The second kappa shape index (κ2) is 7.81.